The van der Waals surface area contributed by atoms with Gasteiger partial charge < -0.3 is 19.5 Å². The normalized spacial score (nSPS) is 12.8. The van der Waals surface area contributed by atoms with Gasteiger partial charge in [0.15, 0.2) is 12.2 Å². The van der Waals surface area contributed by atoms with Crippen molar-refractivity contribution in [2.24, 2.45) is 0 Å². The SMILES string of the molecule is CC(OC(=O)C(C)Oc1ccccc1)C(=O)Nc1ccccc1OC(F)F. The minimum absolute atomic E-state index is 0.0410. The average Bonchev–Trinajstić information content (AvgIpc) is 2.63. The molecule has 0 aromatic heterocycles. The van der Waals surface area contributed by atoms with Gasteiger partial charge in [0.25, 0.3) is 5.91 Å². The Kier molecular flexibility index (Phi) is 7.10. The third-order valence-electron chi connectivity index (χ3n) is 3.41. The summed E-state index contributed by atoms with van der Waals surface area (Å²) in [6, 6.07) is 14.4. The number of hydrogen-bond acceptors (Lipinski definition) is 5. The predicted octanol–water partition coefficient (Wildman–Crippen LogP) is 3.63. The Morgan fingerprint density at radius 1 is 0.889 bits per heavy atom. The molecule has 6 nitrogen and oxygen atoms in total. The number of carbonyl (C=O) groups is 2. The van der Waals surface area contributed by atoms with Gasteiger partial charge in [-0.3, -0.25) is 4.79 Å². The molecule has 0 heterocycles. The number of esters is 1. The molecule has 0 aliphatic carbocycles. The van der Waals surface area contributed by atoms with Crippen LogP contribution in [0.25, 0.3) is 0 Å². The molecule has 2 rings (SSSR count). The molecule has 2 unspecified atom stereocenters. The van der Waals surface area contributed by atoms with E-state index in [1.54, 1.807) is 36.4 Å². The molecule has 0 radical (unpaired) electrons. The maximum atomic E-state index is 12.4. The van der Waals surface area contributed by atoms with E-state index >= 15 is 0 Å². The van der Waals surface area contributed by atoms with E-state index in [1.807, 2.05) is 0 Å². The number of anilines is 1. The van der Waals surface area contributed by atoms with Crippen molar-refractivity contribution in [2.45, 2.75) is 32.7 Å². The third-order valence-corrected chi connectivity index (χ3v) is 3.41. The van der Waals surface area contributed by atoms with Crippen molar-refractivity contribution >= 4 is 17.6 Å². The molecule has 0 aliphatic rings. The van der Waals surface area contributed by atoms with Crippen LogP contribution in [0.3, 0.4) is 0 Å². The van der Waals surface area contributed by atoms with Gasteiger partial charge in [-0.1, -0.05) is 30.3 Å². The van der Waals surface area contributed by atoms with Gasteiger partial charge in [0, 0.05) is 0 Å². The van der Waals surface area contributed by atoms with E-state index in [0.717, 1.165) is 0 Å². The molecule has 0 saturated carbocycles. The highest BCUT2D eigenvalue weighted by Gasteiger charge is 2.24. The molecule has 144 valence electrons. The molecule has 8 heteroatoms. The zero-order chi connectivity index (χ0) is 19.8. The van der Waals surface area contributed by atoms with E-state index in [0.29, 0.717) is 5.75 Å². The second-order valence-corrected chi connectivity index (χ2v) is 5.52. The number of halogens is 2. The van der Waals surface area contributed by atoms with Crippen LogP contribution in [0.4, 0.5) is 14.5 Å². The number of benzene rings is 2. The Morgan fingerprint density at radius 2 is 1.52 bits per heavy atom. The third kappa shape index (κ3) is 6.25. The lowest BCUT2D eigenvalue weighted by molar-refractivity contribution is -0.159. The first kappa shape index (κ1) is 20.2. The number of alkyl halides is 2. The lowest BCUT2D eigenvalue weighted by atomic mass is 10.2. The Balaban J connectivity index is 1.92. The number of rotatable bonds is 8. The number of nitrogens with one attached hydrogen (secondary N) is 1. The number of para-hydroxylation sites is 3. The molecule has 0 fully saturated rings. The largest absolute Gasteiger partial charge is 0.479 e. The van der Waals surface area contributed by atoms with Crippen molar-refractivity contribution < 1.29 is 32.6 Å². The van der Waals surface area contributed by atoms with Crippen molar-refractivity contribution in [1.29, 1.82) is 0 Å². The van der Waals surface area contributed by atoms with Gasteiger partial charge >= 0.3 is 12.6 Å². The zero-order valence-electron chi connectivity index (χ0n) is 14.7. The topological polar surface area (TPSA) is 73.9 Å². The van der Waals surface area contributed by atoms with Gasteiger partial charge in [0.1, 0.15) is 11.5 Å². The number of ether oxygens (including phenoxy) is 3. The van der Waals surface area contributed by atoms with Crippen LogP contribution in [0.5, 0.6) is 11.5 Å². The summed E-state index contributed by atoms with van der Waals surface area (Å²) >= 11 is 0. The van der Waals surface area contributed by atoms with Gasteiger partial charge in [-0.2, -0.15) is 8.78 Å². The molecule has 0 aliphatic heterocycles. The van der Waals surface area contributed by atoms with Crippen LogP contribution in [-0.2, 0) is 14.3 Å². The molecule has 0 saturated heterocycles. The highest BCUT2D eigenvalue weighted by Crippen LogP contribution is 2.25. The summed E-state index contributed by atoms with van der Waals surface area (Å²) in [5.41, 5.74) is 0.0410. The zero-order valence-corrected chi connectivity index (χ0v) is 14.7. The standard InChI is InChI=1S/C19H19F2NO5/c1-12(26-18(24)13(2)25-14-8-4-3-5-9-14)17(23)22-15-10-6-7-11-16(15)27-19(20)21/h3-13,19H,1-2H3,(H,22,23). The predicted molar refractivity (Wildman–Crippen MR) is 93.8 cm³/mol. The fourth-order valence-electron chi connectivity index (χ4n) is 2.08. The summed E-state index contributed by atoms with van der Waals surface area (Å²) in [6.45, 7) is -0.181. The van der Waals surface area contributed by atoms with E-state index in [4.69, 9.17) is 9.47 Å². The maximum absolute atomic E-state index is 12.4. The van der Waals surface area contributed by atoms with Crippen LogP contribution < -0.4 is 14.8 Å². The first-order valence-corrected chi connectivity index (χ1v) is 8.13. The minimum atomic E-state index is -3.03. The summed E-state index contributed by atoms with van der Waals surface area (Å²) in [4.78, 5) is 24.3. The first-order valence-electron chi connectivity index (χ1n) is 8.13. The molecule has 2 aromatic carbocycles. The lowest BCUT2D eigenvalue weighted by Crippen LogP contribution is -2.35. The van der Waals surface area contributed by atoms with Crippen LogP contribution >= 0.6 is 0 Å². The van der Waals surface area contributed by atoms with E-state index in [1.165, 1.54) is 32.0 Å². The molecule has 0 bridgehead atoms. The van der Waals surface area contributed by atoms with Crippen molar-refractivity contribution in [1.82, 2.24) is 0 Å². The fraction of sp³-hybridized carbons (Fsp3) is 0.263. The van der Waals surface area contributed by atoms with Gasteiger partial charge in [-0.05, 0) is 38.1 Å². The summed E-state index contributed by atoms with van der Waals surface area (Å²) in [5.74, 6) is -1.14. The van der Waals surface area contributed by atoms with E-state index in [2.05, 4.69) is 10.1 Å². The summed E-state index contributed by atoms with van der Waals surface area (Å²) in [5, 5.41) is 2.39. The Morgan fingerprint density at radius 3 is 2.19 bits per heavy atom. The van der Waals surface area contributed by atoms with Crippen molar-refractivity contribution in [2.75, 3.05) is 5.32 Å². The Bertz CT molecular complexity index is 770. The Hall–Kier alpha value is -3.16. The van der Waals surface area contributed by atoms with Crippen LogP contribution in [0, 0.1) is 0 Å². The molecule has 0 spiro atoms. The molecule has 1 N–H and O–H groups in total. The number of hydrogen-bond donors (Lipinski definition) is 1. The van der Waals surface area contributed by atoms with Gasteiger partial charge in [0.05, 0.1) is 5.69 Å². The van der Waals surface area contributed by atoms with Gasteiger partial charge in [-0.25, -0.2) is 4.79 Å². The minimum Gasteiger partial charge on any atom is -0.479 e. The molecular formula is C19H19F2NO5. The van der Waals surface area contributed by atoms with Crippen LogP contribution in [0.1, 0.15) is 13.8 Å². The first-order chi connectivity index (χ1) is 12.9. The summed E-state index contributed by atoms with van der Waals surface area (Å²) < 4.78 is 39.7. The number of amides is 1. The van der Waals surface area contributed by atoms with E-state index in [9.17, 15) is 18.4 Å². The molecule has 2 aromatic rings. The Labute approximate surface area is 155 Å². The monoisotopic (exact) mass is 379 g/mol. The summed E-state index contributed by atoms with van der Waals surface area (Å²) in [7, 11) is 0. The average molecular weight is 379 g/mol. The lowest BCUT2D eigenvalue weighted by Gasteiger charge is -2.18. The smallest absolute Gasteiger partial charge is 0.387 e. The van der Waals surface area contributed by atoms with E-state index in [-0.39, 0.29) is 11.4 Å². The summed E-state index contributed by atoms with van der Waals surface area (Å²) in [6.07, 6.45) is -2.10. The van der Waals surface area contributed by atoms with E-state index < -0.39 is 30.7 Å². The molecule has 27 heavy (non-hydrogen) atoms. The highest BCUT2D eigenvalue weighted by molar-refractivity contribution is 5.96. The quantitative estimate of drug-likeness (QED) is 0.709. The maximum Gasteiger partial charge on any atom is 0.387 e. The van der Waals surface area contributed by atoms with Crippen molar-refractivity contribution in [3.8, 4) is 11.5 Å². The molecular weight excluding hydrogens is 360 g/mol. The highest BCUT2D eigenvalue weighted by atomic mass is 19.3. The van der Waals surface area contributed by atoms with Crippen LogP contribution in [0.2, 0.25) is 0 Å². The van der Waals surface area contributed by atoms with Crippen LogP contribution in [0.15, 0.2) is 54.6 Å². The van der Waals surface area contributed by atoms with Gasteiger partial charge in [0.2, 0.25) is 0 Å². The second-order valence-electron chi connectivity index (χ2n) is 5.52. The molecule has 2 atom stereocenters. The number of carbonyl (C=O) groups excluding carboxylic acids is 2. The van der Waals surface area contributed by atoms with Crippen LogP contribution in [-0.4, -0.2) is 30.7 Å². The fourth-order valence-corrected chi connectivity index (χ4v) is 2.08. The van der Waals surface area contributed by atoms with Crippen molar-refractivity contribution in [3.63, 3.8) is 0 Å². The second kappa shape index (κ2) is 9.51. The molecule has 1 amide bonds. The van der Waals surface area contributed by atoms with Crippen molar-refractivity contribution in [3.05, 3.63) is 54.6 Å². The van der Waals surface area contributed by atoms with Gasteiger partial charge in [-0.15, -0.1) is 0 Å².